The van der Waals surface area contributed by atoms with Crippen LogP contribution in [0.2, 0.25) is 0 Å². The molecule has 1 amide bonds. The van der Waals surface area contributed by atoms with Gasteiger partial charge in [0.1, 0.15) is 0 Å². The molecule has 0 bridgehead atoms. The molecule has 0 aliphatic heterocycles. The number of benzene rings is 1. The van der Waals surface area contributed by atoms with E-state index in [4.69, 9.17) is 10.2 Å². The molecule has 21 heavy (non-hydrogen) atoms. The smallest absolute Gasteiger partial charge is 0.307 e. The maximum absolute atomic E-state index is 12.2. The molecule has 1 aromatic rings. The lowest BCUT2D eigenvalue weighted by Crippen LogP contribution is -2.19. The van der Waals surface area contributed by atoms with Gasteiger partial charge in [-0.25, -0.2) is 0 Å². The molecule has 0 saturated heterocycles. The van der Waals surface area contributed by atoms with E-state index in [1.807, 2.05) is 0 Å². The summed E-state index contributed by atoms with van der Waals surface area (Å²) in [7, 11) is 0. The van der Waals surface area contributed by atoms with E-state index in [0.717, 1.165) is 0 Å². The Morgan fingerprint density at radius 1 is 1.14 bits per heavy atom. The Morgan fingerprint density at radius 3 is 2.29 bits per heavy atom. The van der Waals surface area contributed by atoms with Gasteiger partial charge in [0, 0.05) is 5.69 Å². The molecule has 1 aliphatic rings. The summed E-state index contributed by atoms with van der Waals surface area (Å²) in [6, 6.07) is 6.61. The van der Waals surface area contributed by atoms with Crippen molar-refractivity contribution in [3.05, 3.63) is 29.8 Å². The molecule has 2 rings (SSSR count). The Bertz CT molecular complexity index is 608. The second-order valence-corrected chi connectivity index (χ2v) is 5.83. The molecule has 0 aromatic heterocycles. The average molecular weight is 291 g/mol. The lowest BCUT2D eigenvalue weighted by Gasteiger charge is -2.10. The van der Waals surface area contributed by atoms with Gasteiger partial charge in [-0.15, -0.1) is 0 Å². The number of para-hydroxylation sites is 1. The quantitative estimate of drug-likeness (QED) is 0.764. The Balaban J connectivity index is 2.15. The fourth-order valence-electron chi connectivity index (χ4n) is 2.76. The minimum atomic E-state index is -0.994. The lowest BCUT2D eigenvalue weighted by molar-refractivity contribution is -0.140. The molecule has 0 heterocycles. The zero-order valence-electron chi connectivity index (χ0n) is 11.8. The van der Waals surface area contributed by atoms with Crippen molar-refractivity contribution >= 4 is 23.5 Å². The Kier molecular flexibility index (Phi) is 3.72. The summed E-state index contributed by atoms with van der Waals surface area (Å²) >= 11 is 0. The average Bonchev–Trinajstić information content (AvgIpc) is 2.94. The monoisotopic (exact) mass is 291 g/mol. The SMILES string of the molecule is CC1(C)[C@H](C(=O)O)[C@@H]1C(=O)Nc1ccccc1CC(=O)O. The molecule has 0 radical (unpaired) electrons. The van der Waals surface area contributed by atoms with Crippen LogP contribution in [0.3, 0.4) is 0 Å². The molecule has 6 nitrogen and oxygen atoms in total. The zero-order valence-corrected chi connectivity index (χ0v) is 11.8. The largest absolute Gasteiger partial charge is 0.481 e. The molecule has 1 fully saturated rings. The van der Waals surface area contributed by atoms with E-state index in [1.54, 1.807) is 38.1 Å². The topological polar surface area (TPSA) is 104 Å². The second kappa shape index (κ2) is 5.20. The summed E-state index contributed by atoms with van der Waals surface area (Å²) in [6.07, 6.45) is -0.202. The minimum absolute atomic E-state index is 0.202. The van der Waals surface area contributed by atoms with Crippen molar-refractivity contribution < 1.29 is 24.6 Å². The van der Waals surface area contributed by atoms with Gasteiger partial charge in [-0.05, 0) is 17.0 Å². The van der Waals surface area contributed by atoms with Crippen LogP contribution in [0.15, 0.2) is 24.3 Å². The molecule has 1 saturated carbocycles. The molecular weight excluding hydrogens is 274 g/mol. The van der Waals surface area contributed by atoms with Gasteiger partial charge < -0.3 is 15.5 Å². The van der Waals surface area contributed by atoms with Gasteiger partial charge in [-0.2, -0.15) is 0 Å². The Labute approximate surface area is 121 Å². The highest BCUT2D eigenvalue weighted by atomic mass is 16.4. The number of hydrogen-bond acceptors (Lipinski definition) is 3. The van der Waals surface area contributed by atoms with Crippen LogP contribution in [-0.4, -0.2) is 28.1 Å². The van der Waals surface area contributed by atoms with Gasteiger partial charge in [0.2, 0.25) is 5.91 Å². The minimum Gasteiger partial charge on any atom is -0.481 e. The first kappa shape index (κ1) is 15.0. The van der Waals surface area contributed by atoms with Crippen molar-refractivity contribution in [2.45, 2.75) is 20.3 Å². The number of carboxylic acid groups (broad SMARTS) is 2. The first-order valence-electron chi connectivity index (χ1n) is 6.58. The number of carbonyl (C=O) groups excluding carboxylic acids is 1. The van der Waals surface area contributed by atoms with Gasteiger partial charge >= 0.3 is 11.9 Å². The van der Waals surface area contributed by atoms with Gasteiger partial charge in [-0.1, -0.05) is 32.0 Å². The fourth-order valence-corrected chi connectivity index (χ4v) is 2.76. The van der Waals surface area contributed by atoms with Crippen LogP contribution < -0.4 is 5.32 Å². The maximum atomic E-state index is 12.2. The van der Waals surface area contributed by atoms with Crippen LogP contribution >= 0.6 is 0 Å². The number of rotatable bonds is 5. The molecule has 1 aliphatic carbocycles. The van der Waals surface area contributed by atoms with Crippen LogP contribution in [0, 0.1) is 17.3 Å². The molecule has 0 spiro atoms. The highest BCUT2D eigenvalue weighted by molar-refractivity contribution is 6.00. The van der Waals surface area contributed by atoms with Crippen molar-refractivity contribution in [2.24, 2.45) is 17.3 Å². The third-order valence-electron chi connectivity index (χ3n) is 3.99. The molecule has 1 aromatic carbocycles. The summed E-state index contributed by atoms with van der Waals surface area (Å²) in [6.45, 7) is 3.47. The van der Waals surface area contributed by atoms with Crippen LogP contribution in [0.4, 0.5) is 5.69 Å². The molecule has 0 unspecified atom stereocenters. The highest BCUT2D eigenvalue weighted by Crippen LogP contribution is 2.58. The number of carbonyl (C=O) groups is 3. The van der Waals surface area contributed by atoms with Gasteiger partial charge in [0.15, 0.2) is 0 Å². The fraction of sp³-hybridized carbons (Fsp3) is 0.400. The van der Waals surface area contributed by atoms with Crippen LogP contribution in [0.25, 0.3) is 0 Å². The molecule has 112 valence electrons. The summed E-state index contributed by atoms with van der Waals surface area (Å²) in [5.74, 6) is -3.67. The Morgan fingerprint density at radius 2 is 1.76 bits per heavy atom. The molecule has 6 heteroatoms. The molecule has 2 atom stereocenters. The summed E-state index contributed by atoms with van der Waals surface area (Å²) in [5, 5.41) is 20.6. The maximum Gasteiger partial charge on any atom is 0.307 e. The Hall–Kier alpha value is -2.37. The van der Waals surface area contributed by atoms with Gasteiger partial charge in [0.05, 0.1) is 18.3 Å². The van der Waals surface area contributed by atoms with Crippen molar-refractivity contribution in [1.82, 2.24) is 0 Å². The summed E-state index contributed by atoms with van der Waals surface area (Å²) in [5.41, 5.74) is 0.318. The van der Waals surface area contributed by atoms with E-state index < -0.39 is 29.2 Å². The van der Waals surface area contributed by atoms with E-state index in [-0.39, 0.29) is 12.3 Å². The van der Waals surface area contributed by atoms with E-state index in [1.165, 1.54) is 0 Å². The summed E-state index contributed by atoms with van der Waals surface area (Å²) in [4.78, 5) is 34.1. The van der Waals surface area contributed by atoms with Gasteiger partial charge in [-0.3, -0.25) is 14.4 Å². The van der Waals surface area contributed by atoms with Gasteiger partial charge in [0.25, 0.3) is 0 Å². The number of carboxylic acids is 2. The number of aliphatic carboxylic acids is 2. The summed E-state index contributed by atoms with van der Waals surface area (Å²) < 4.78 is 0. The third-order valence-corrected chi connectivity index (χ3v) is 3.99. The number of amides is 1. The second-order valence-electron chi connectivity index (χ2n) is 5.83. The number of hydrogen-bond donors (Lipinski definition) is 3. The number of anilines is 1. The zero-order chi connectivity index (χ0) is 15.8. The first-order chi connectivity index (χ1) is 9.75. The highest BCUT2D eigenvalue weighted by Gasteiger charge is 2.65. The molecule has 3 N–H and O–H groups in total. The predicted octanol–water partition coefficient (Wildman–Crippen LogP) is 1.61. The van der Waals surface area contributed by atoms with Crippen LogP contribution in [0.1, 0.15) is 19.4 Å². The molecular formula is C15H17NO5. The predicted molar refractivity (Wildman–Crippen MR) is 74.8 cm³/mol. The van der Waals surface area contributed by atoms with Crippen molar-refractivity contribution in [3.63, 3.8) is 0 Å². The van der Waals surface area contributed by atoms with E-state index >= 15 is 0 Å². The standard InChI is InChI=1S/C15H17NO5/c1-15(2)11(12(15)14(20)21)13(19)16-9-6-4-3-5-8(9)7-10(17)18/h3-6,11-12H,7H2,1-2H3,(H,16,19)(H,17,18)(H,20,21)/t11-,12+/m1/s1. The third kappa shape index (κ3) is 2.89. The van der Waals surface area contributed by atoms with E-state index in [2.05, 4.69) is 5.32 Å². The lowest BCUT2D eigenvalue weighted by atomic mass is 10.1. The van der Waals surface area contributed by atoms with Crippen LogP contribution in [-0.2, 0) is 20.8 Å². The normalized spacial score (nSPS) is 22.4. The van der Waals surface area contributed by atoms with Crippen molar-refractivity contribution in [2.75, 3.05) is 5.32 Å². The number of nitrogens with one attached hydrogen (secondary N) is 1. The van der Waals surface area contributed by atoms with Crippen molar-refractivity contribution in [1.29, 1.82) is 0 Å². The van der Waals surface area contributed by atoms with Crippen molar-refractivity contribution in [3.8, 4) is 0 Å². The van der Waals surface area contributed by atoms with E-state index in [9.17, 15) is 14.4 Å². The van der Waals surface area contributed by atoms with E-state index in [0.29, 0.717) is 11.3 Å². The van der Waals surface area contributed by atoms with Crippen LogP contribution in [0.5, 0.6) is 0 Å². The first-order valence-corrected chi connectivity index (χ1v) is 6.58.